The van der Waals surface area contributed by atoms with Crippen LogP contribution in [0.2, 0.25) is 0 Å². The lowest BCUT2D eigenvalue weighted by Crippen LogP contribution is -2.67. The molecule has 19 nitrogen and oxygen atoms in total. The van der Waals surface area contributed by atoms with Gasteiger partial charge in [0.25, 0.3) is 0 Å². The van der Waals surface area contributed by atoms with Crippen LogP contribution in [0.4, 0.5) is 0 Å². The van der Waals surface area contributed by atoms with Crippen LogP contribution >= 0.6 is 0 Å². The summed E-state index contributed by atoms with van der Waals surface area (Å²) in [5, 5.41) is 0. The third-order valence-electron chi connectivity index (χ3n) is 6.17. The number of rotatable bonds is 12. The first kappa shape index (κ1) is 38.8. The van der Waals surface area contributed by atoms with Gasteiger partial charge in [-0.2, -0.15) is 0 Å². The number of ether oxygens (including phenoxy) is 11. The van der Waals surface area contributed by atoms with E-state index in [1.807, 2.05) is 0 Å². The van der Waals surface area contributed by atoms with Crippen LogP contribution in [0.1, 0.15) is 55.4 Å². The number of carbonyl (C=O) groups is 8. The zero-order valence-electron chi connectivity index (χ0n) is 26.9. The van der Waals surface area contributed by atoms with Gasteiger partial charge in [0.05, 0.1) is 0 Å². The molecule has 2 fully saturated rings. The van der Waals surface area contributed by atoms with E-state index >= 15 is 0 Å². The average Bonchev–Trinajstić information content (AvgIpc) is 2.91. The maximum Gasteiger partial charge on any atom is 0.305 e. The SMILES string of the molecule is CC(=O)OC[C@H]1O[C@H](O[C@H]2[C@H](OC(C)=O)[C@@H](OC(C)=O)[C@H](OC(C)=O)O[C@@H]2COC(C)=O)[C@H](OC(C)=O)[C@@H](OC(C)=O)[C@@H]1OC(C)=O. The molecule has 2 heterocycles. The quantitative estimate of drug-likeness (QED) is 0.181. The lowest BCUT2D eigenvalue weighted by atomic mass is 9.96. The fraction of sp³-hybridized carbons (Fsp3) is 0.714. The molecule has 0 radical (unpaired) electrons. The largest absolute Gasteiger partial charge is 0.463 e. The van der Waals surface area contributed by atoms with E-state index in [1.165, 1.54) is 0 Å². The normalized spacial score (nSPS) is 30.0. The molecule has 0 spiro atoms. The third-order valence-corrected chi connectivity index (χ3v) is 6.17. The van der Waals surface area contributed by atoms with Crippen LogP contribution in [0.25, 0.3) is 0 Å². The van der Waals surface area contributed by atoms with E-state index in [1.54, 1.807) is 0 Å². The molecular weight excluding hydrogens is 640 g/mol. The molecule has 0 unspecified atom stereocenters. The van der Waals surface area contributed by atoms with Crippen molar-refractivity contribution in [2.75, 3.05) is 13.2 Å². The molecule has 2 saturated heterocycles. The van der Waals surface area contributed by atoms with E-state index in [0.717, 1.165) is 55.4 Å². The summed E-state index contributed by atoms with van der Waals surface area (Å²) in [5.74, 6) is -7.02. The van der Waals surface area contributed by atoms with Gasteiger partial charge >= 0.3 is 47.8 Å². The average molecular weight is 679 g/mol. The van der Waals surface area contributed by atoms with E-state index in [9.17, 15) is 38.4 Å². The summed E-state index contributed by atoms with van der Waals surface area (Å²) >= 11 is 0. The molecule has 0 aromatic carbocycles. The Labute approximate surface area is 268 Å². The maximum atomic E-state index is 12.3. The van der Waals surface area contributed by atoms with Gasteiger partial charge in [-0.25, -0.2) is 0 Å². The van der Waals surface area contributed by atoms with Crippen LogP contribution in [0, 0.1) is 0 Å². The van der Waals surface area contributed by atoms with E-state index in [0.29, 0.717) is 0 Å². The third kappa shape index (κ3) is 12.1. The van der Waals surface area contributed by atoms with Crippen molar-refractivity contribution in [3.8, 4) is 0 Å². The maximum absolute atomic E-state index is 12.3. The first-order valence-electron chi connectivity index (χ1n) is 14.2. The van der Waals surface area contributed by atoms with Gasteiger partial charge in [0, 0.05) is 55.4 Å². The predicted molar refractivity (Wildman–Crippen MR) is 145 cm³/mol. The molecule has 10 atom stereocenters. The van der Waals surface area contributed by atoms with Crippen LogP contribution in [0.5, 0.6) is 0 Å². The molecule has 0 aliphatic carbocycles. The van der Waals surface area contributed by atoms with E-state index in [4.69, 9.17) is 52.1 Å². The summed E-state index contributed by atoms with van der Waals surface area (Å²) in [6.45, 7) is 7.05. The van der Waals surface area contributed by atoms with Gasteiger partial charge < -0.3 is 52.1 Å². The van der Waals surface area contributed by atoms with E-state index in [-0.39, 0.29) is 0 Å². The van der Waals surface area contributed by atoms with Gasteiger partial charge in [-0.3, -0.25) is 38.4 Å². The smallest absolute Gasteiger partial charge is 0.305 e. The van der Waals surface area contributed by atoms with E-state index < -0.39 is 122 Å². The van der Waals surface area contributed by atoms with Crippen molar-refractivity contribution in [1.82, 2.24) is 0 Å². The lowest BCUT2D eigenvalue weighted by molar-refractivity contribution is -0.357. The van der Waals surface area contributed by atoms with Crippen molar-refractivity contribution in [3.63, 3.8) is 0 Å². The zero-order valence-corrected chi connectivity index (χ0v) is 26.9. The minimum absolute atomic E-state index is 0.590. The van der Waals surface area contributed by atoms with Crippen molar-refractivity contribution in [2.24, 2.45) is 0 Å². The summed E-state index contributed by atoms with van der Waals surface area (Å²) in [6.07, 6.45) is -16.3. The number of hydrogen-bond acceptors (Lipinski definition) is 19. The standard InChI is InChI=1S/C28H38O19/c1-11(29)37-9-19-21(39-13(3)31)23(40-14(4)32)26(43-17(7)35)28(46-19)47-22-20(10-38-12(2)30)45-27(44-18(8)36)25(42-16(6)34)24(22)41-15(5)33/h19-28H,9-10H2,1-8H3/t19-,20-,21-,22-,23+,24+,25-,26-,27-,28-/m1/s1. The van der Waals surface area contributed by atoms with Gasteiger partial charge in [0.1, 0.15) is 31.5 Å². The minimum Gasteiger partial charge on any atom is -0.463 e. The molecule has 0 amide bonds. The van der Waals surface area contributed by atoms with Crippen LogP contribution in [-0.4, -0.2) is 122 Å². The second-order valence-electron chi connectivity index (χ2n) is 10.3. The minimum atomic E-state index is -1.83. The van der Waals surface area contributed by atoms with Gasteiger partial charge in [0.15, 0.2) is 30.7 Å². The summed E-state index contributed by atoms with van der Waals surface area (Å²) in [7, 11) is 0. The molecule has 0 bridgehead atoms. The zero-order chi connectivity index (χ0) is 35.6. The molecular formula is C28H38O19. The van der Waals surface area contributed by atoms with Crippen LogP contribution < -0.4 is 0 Å². The molecule has 2 aliphatic heterocycles. The lowest BCUT2D eigenvalue weighted by Gasteiger charge is -2.48. The highest BCUT2D eigenvalue weighted by molar-refractivity contribution is 5.70. The summed E-state index contributed by atoms with van der Waals surface area (Å²) < 4.78 is 60.2. The second-order valence-corrected chi connectivity index (χ2v) is 10.3. The molecule has 19 heteroatoms. The Morgan fingerprint density at radius 3 is 1.11 bits per heavy atom. The van der Waals surface area contributed by atoms with Crippen LogP contribution in [-0.2, 0) is 90.5 Å². The van der Waals surface area contributed by atoms with Crippen molar-refractivity contribution in [2.45, 2.75) is 117 Å². The highest BCUT2D eigenvalue weighted by Crippen LogP contribution is 2.35. The molecule has 47 heavy (non-hydrogen) atoms. The molecule has 0 aromatic rings. The fourth-order valence-electron chi connectivity index (χ4n) is 4.73. The van der Waals surface area contributed by atoms with Crippen molar-refractivity contribution >= 4 is 47.8 Å². The van der Waals surface area contributed by atoms with Gasteiger partial charge in [-0.05, 0) is 0 Å². The first-order valence-corrected chi connectivity index (χ1v) is 14.2. The molecule has 2 aliphatic rings. The Bertz CT molecular complexity index is 1200. The van der Waals surface area contributed by atoms with E-state index in [2.05, 4.69) is 0 Å². The van der Waals surface area contributed by atoms with Gasteiger partial charge in [-0.15, -0.1) is 0 Å². The summed E-state index contributed by atoms with van der Waals surface area (Å²) in [5.41, 5.74) is 0. The first-order chi connectivity index (χ1) is 21.9. The predicted octanol–water partition coefficient (Wildman–Crippen LogP) is -0.831. The molecule has 0 saturated carbocycles. The Hall–Kier alpha value is -4.36. The van der Waals surface area contributed by atoms with Crippen molar-refractivity contribution < 1.29 is 90.5 Å². The summed E-state index contributed by atoms with van der Waals surface area (Å²) in [4.78, 5) is 96.3. The molecule has 264 valence electrons. The Kier molecular flexibility index (Phi) is 14.5. The van der Waals surface area contributed by atoms with Crippen molar-refractivity contribution in [1.29, 1.82) is 0 Å². The Balaban J connectivity index is 2.73. The number of esters is 8. The van der Waals surface area contributed by atoms with Crippen molar-refractivity contribution in [3.05, 3.63) is 0 Å². The molecule has 2 rings (SSSR count). The highest BCUT2D eigenvalue weighted by atomic mass is 16.8. The highest BCUT2D eigenvalue weighted by Gasteiger charge is 2.58. The topological polar surface area (TPSA) is 238 Å². The van der Waals surface area contributed by atoms with Crippen LogP contribution in [0.3, 0.4) is 0 Å². The van der Waals surface area contributed by atoms with Gasteiger partial charge in [-0.1, -0.05) is 0 Å². The fourth-order valence-corrected chi connectivity index (χ4v) is 4.73. The number of carbonyl (C=O) groups excluding carboxylic acids is 8. The summed E-state index contributed by atoms with van der Waals surface area (Å²) in [6, 6.07) is 0. The molecule has 0 N–H and O–H groups in total. The molecule has 0 aromatic heterocycles. The van der Waals surface area contributed by atoms with Crippen LogP contribution in [0.15, 0.2) is 0 Å². The number of hydrogen-bond donors (Lipinski definition) is 0. The second kappa shape index (κ2) is 17.5. The van der Waals surface area contributed by atoms with Gasteiger partial charge in [0.2, 0.25) is 12.4 Å². The monoisotopic (exact) mass is 678 g/mol. The Morgan fingerprint density at radius 2 is 0.702 bits per heavy atom. The Morgan fingerprint density at radius 1 is 0.383 bits per heavy atom.